The molecule has 112 valence electrons. The summed E-state index contributed by atoms with van der Waals surface area (Å²) in [5, 5.41) is 6.36. The minimum absolute atomic E-state index is 0.0593. The lowest BCUT2D eigenvalue weighted by Gasteiger charge is -2.38. The molecule has 0 radical (unpaired) electrons. The van der Waals surface area contributed by atoms with Gasteiger partial charge in [-0.1, -0.05) is 20.8 Å². The van der Waals surface area contributed by atoms with Gasteiger partial charge in [0.25, 0.3) is 0 Å². The highest BCUT2D eigenvalue weighted by Gasteiger charge is 2.33. The van der Waals surface area contributed by atoms with Gasteiger partial charge in [0.15, 0.2) is 0 Å². The number of amides is 1. The first-order valence-electron chi connectivity index (χ1n) is 7.40. The Morgan fingerprint density at radius 3 is 2.42 bits per heavy atom. The van der Waals surface area contributed by atoms with Gasteiger partial charge in [0.05, 0.1) is 0 Å². The second-order valence-corrected chi connectivity index (χ2v) is 6.83. The van der Waals surface area contributed by atoms with Crippen molar-refractivity contribution in [3.63, 3.8) is 0 Å². The lowest BCUT2D eigenvalue weighted by atomic mass is 9.85. The number of carbonyl (C=O) groups is 1. The van der Waals surface area contributed by atoms with E-state index in [4.69, 9.17) is 4.74 Å². The molecule has 0 aromatic carbocycles. The van der Waals surface area contributed by atoms with E-state index in [0.29, 0.717) is 11.8 Å². The topological polar surface area (TPSA) is 50.4 Å². The first-order valence-corrected chi connectivity index (χ1v) is 7.40. The number of ether oxygens (including phenoxy) is 1. The Labute approximate surface area is 117 Å². The Morgan fingerprint density at radius 2 is 1.89 bits per heavy atom. The summed E-state index contributed by atoms with van der Waals surface area (Å²) in [6.45, 7) is 9.28. The van der Waals surface area contributed by atoms with Crippen molar-refractivity contribution in [2.24, 2.45) is 5.41 Å². The lowest BCUT2D eigenvalue weighted by molar-refractivity contribution is -0.123. The van der Waals surface area contributed by atoms with Crippen LogP contribution in [0.4, 0.5) is 0 Å². The van der Waals surface area contributed by atoms with E-state index in [2.05, 4.69) is 31.4 Å². The van der Waals surface area contributed by atoms with Gasteiger partial charge < -0.3 is 15.4 Å². The van der Waals surface area contributed by atoms with Gasteiger partial charge in [-0.25, -0.2) is 0 Å². The van der Waals surface area contributed by atoms with Crippen LogP contribution in [0.2, 0.25) is 0 Å². The fourth-order valence-electron chi connectivity index (χ4n) is 2.55. The summed E-state index contributed by atoms with van der Waals surface area (Å²) in [6.07, 6.45) is 4.76. The highest BCUT2D eigenvalue weighted by atomic mass is 16.5. The van der Waals surface area contributed by atoms with Crippen molar-refractivity contribution in [1.82, 2.24) is 10.6 Å². The van der Waals surface area contributed by atoms with Gasteiger partial charge in [0, 0.05) is 32.2 Å². The van der Waals surface area contributed by atoms with Gasteiger partial charge in [-0.2, -0.15) is 0 Å². The molecule has 0 aromatic heterocycles. The van der Waals surface area contributed by atoms with Crippen LogP contribution in [0.15, 0.2) is 0 Å². The molecule has 1 aliphatic heterocycles. The van der Waals surface area contributed by atoms with E-state index < -0.39 is 0 Å². The fourth-order valence-corrected chi connectivity index (χ4v) is 2.55. The van der Waals surface area contributed by atoms with E-state index in [1.165, 1.54) is 6.42 Å². The summed E-state index contributed by atoms with van der Waals surface area (Å²) in [6, 6.07) is 0. The van der Waals surface area contributed by atoms with Crippen LogP contribution in [0.5, 0.6) is 0 Å². The minimum Gasteiger partial charge on any atom is -0.381 e. The quantitative estimate of drug-likeness (QED) is 0.727. The predicted molar refractivity (Wildman–Crippen MR) is 78.2 cm³/mol. The van der Waals surface area contributed by atoms with Crippen LogP contribution in [0.1, 0.15) is 52.9 Å². The molecule has 4 heteroatoms. The predicted octanol–water partition coefficient (Wildman–Crippen LogP) is 2.09. The van der Waals surface area contributed by atoms with Crippen LogP contribution in [-0.4, -0.2) is 38.3 Å². The zero-order valence-electron chi connectivity index (χ0n) is 13.0. The van der Waals surface area contributed by atoms with Crippen molar-refractivity contribution in [1.29, 1.82) is 0 Å². The maximum atomic E-state index is 11.7. The van der Waals surface area contributed by atoms with Crippen LogP contribution >= 0.6 is 0 Å². The molecular weight excluding hydrogens is 240 g/mol. The molecule has 1 fully saturated rings. The van der Waals surface area contributed by atoms with Gasteiger partial charge in [0.1, 0.15) is 0 Å². The SMILES string of the molecule is CNC(=O)CC1(NCCCC(C)(C)C)CCOCC1. The molecule has 0 aliphatic carbocycles. The highest BCUT2D eigenvalue weighted by Crippen LogP contribution is 2.25. The van der Waals surface area contributed by atoms with Gasteiger partial charge in [0.2, 0.25) is 5.91 Å². The second-order valence-electron chi connectivity index (χ2n) is 6.83. The summed E-state index contributed by atoms with van der Waals surface area (Å²) < 4.78 is 5.43. The van der Waals surface area contributed by atoms with E-state index in [1.54, 1.807) is 7.05 Å². The van der Waals surface area contributed by atoms with E-state index in [9.17, 15) is 4.79 Å². The van der Waals surface area contributed by atoms with Crippen LogP contribution < -0.4 is 10.6 Å². The van der Waals surface area contributed by atoms with Crippen LogP contribution in [-0.2, 0) is 9.53 Å². The first-order chi connectivity index (χ1) is 8.87. The monoisotopic (exact) mass is 270 g/mol. The number of hydrogen-bond donors (Lipinski definition) is 2. The van der Waals surface area contributed by atoms with Gasteiger partial charge in [-0.3, -0.25) is 4.79 Å². The van der Waals surface area contributed by atoms with Gasteiger partial charge >= 0.3 is 0 Å². The fraction of sp³-hybridized carbons (Fsp3) is 0.933. The Morgan fingerprint density at radius 1 is 1.26 bits per heavy atom. The molecule has 2 N–H and O–H groups in total. The molecule has 0 saturated carbocycles. The van der Waals surface area contributed by atoms with E-state index in [-0.39, 0.29) is 11.4 Å². The Kier molecular flexibility index (Phi) is 6.27. The van der Waals surface area contributed by atoms with Crippen molar-refractivity contribution < 1.29 is 9.53 Å². The van der Waals surface area contributed by atoms with Crippen LogP contribution in [0.25, 0.3) is 0 Å². The molecule has 1 saturated heterocycles. The normalized spacial score (nSPS) is 19.2. The van der Waals surface area contributed by atoms with Crippen molar-refractivity contribution >= 4 is 5.91 Å². The molecule has 0 aromatic rings. The average molecular weight is 270 g/mol. The van der Waals surface area contributed by atoms with Crippen molar-refractivity contribution in [3.05, 3.63) is 0 Å². The maximum absolute atomic E-state index is 11.7. The van der Waals surface area contributed by atoms with E-state index >= 15 is 0 Å². The third-order valence-corrected chi connectivity index (χ3v) is 3.83. The summed E-state index contributed by atoms with van der Waals surface area (Å²) in [7, 11) is 1.70. The molecule has 0 unspecified atom stereocenters. The van der Waals surface area contributed by atoms with Crippen molar-refractivity contribution in [2.45, 2.75) is 58.4 Å². The number of rotatable bonds is 6. The van der Waals surface area contributed by atoms with E-state index in [0.717, 1.165) is 39.0 Å². The number of hydrogen-bond acceptors (Lipinski definition) is 3. The summed E-state index contributed by atoms with van der Waals surface area (Å²) in [5.74, 6) is 0.116. The highest BCUT2D eigenvalue weighted by molar-refractivity contribution is 5.76. The first kappa shape index (κ1) is 16.4. The molecular formula is C15H30N2O2. The van der Waals surface area contributed by atoms with Crippen molar-refractivity contribution in [3.8, 4) is 0 Å². The second kappa shape index (κ2) is 7.25. The largest absolute Gasteiger partial charge is 0.381 e. The molecule has 1 rings (SSSR count). The molecule has 0 spiro atoms. The van der Waals surface area contributed by atoms with E-state index in [1.807, 2.05) is 0 Å². The molecule has 0 atom stereocenters. The minimum atomic E-state index is -0.0593. The zero-order chi connectivity index (χ0) is 14.4. The van der Waals surface area contributed by atoms with Crippen LogP contribution in [0.3, 0.4) is 0 Å². The standard InChI is InChI=1S/C15H30N2O2/c1-14(2,3)6-5-9-17-15(12-13(18)16-4)7-10-19-11-8-15/h17H,5-12H2,1-4H3,(H,16,18). The maximum Gasteiger partial charge on any atom is 0.221 e. The summed E-state index contributed by atoms with van der Waals surface area (Å²) >= 11 is 0. The Hall–Kier alpha value is -0.610. The van der Waals surface area contributed by atoms with Gasteiger partial charge in [-0.05, 0) is 37.6 Å². The third-order valence-electron chi connectivity index (χ3n) is 3.83. The Bertz CT molecular complexity index is 278. The van der Waals surface area contributed by atoms with Crippen molar-refractivity contribution in [2.75, 3.05) is 26.8 Å². The zero-order valence-corrected chi connectivity index (χ0v) is 13.0. The summed E-state index contributed by atoms with van der Waals surface area (Å²) in [5.41, 5.74) is 0.321. The third kappa shape index (κ3) is 6.39. The summed E-state index contributed by atoms with van der Waals surface area (Å²) in [4.78, 5) is 11.7. The van der Waals surface area contributed by atoms with Gasteiger partial charge in [-0.15, -0.1) is 0 Å². The average Bonchev–Trinajstić information content (AvgIpc) is 2.35. The molecule has 0 bridgehead atoms. The molecule has 1 heterocycles. The smallest absolute Gasteiger partial charge is 0.221 e. The van der Waals surface area contributed by atoms with Crippen LogP contribution in [0, 0.1) is 5.41 Å². The molecule has 1 aliphatic rings. The number of carbonyl (C=O) groups excluding carboxylic acids is 1. The molecule has 19 heavy (non-hydrogen) atoms. The molecule has 4 nitrogen and oxygen atoms in total. The number of nitrogens with one attached hydrogen (secondary N) is 2. The molecule has 1 amide bonds. The lowest BCUT2D eigenvalue weighted by Crippen LogP contribution is -2.52. The Balaban J connectivity index is 2.43.